The van der Waals surface area contributed by atoms with Crippen LogP contribution < -0.4 is 5.32 Å². The highest BCUT2D eigenvalue weighted by atomic mass is 35.5. The number of nitrogens with zero attached hydrogens (tertiary/aromatic N) is 2. The molecule has 1 unspecified atom stereocenters. The lowest BCUT2D eigenvalue weighted by atomic mass is 10.0. The van der Waals surface area contributed by atoms with E-state index in [-0.39, 0.29) is 24.3 Å². The molecule has 1 saturated heterocycles. The Balaban J connectivity index is 0.00000114. The van der Waals surface area contributed by atoms with E-state index in [0.29, 0.717) is 16.6 Å². The van der Waals surface area contributed by atoms with Crippen LogP contribution in [0.1, 0.15) is 42.5 Å². The number of urea groups is 1. The second kappa shape index (κ2) is 12.6. The molecule has 6 nitrogen and oxygen atoms in total. The van der Waals surface area contributed by atoms with Gasteiger partial charge in [0.05, 0.1) is 16.1 Å². The molecular weight excluding hydrogens is 449 g/mol. The number of rotatable bonds is 5. The van der Waals surface area contributed by atoms with Crippen LogP contribution in [0.4, 0.5) is 4.79 Å². The van der Waals surface area contributed by atoms with Crippen molar-refractivity contribution in [2.75, 3.05) is 20.1 Å². The molecular formula is C24H29Cl2N3O3. The summed E-state index contributed by atoms with van der Waals surface area (Å²) in [6.07, 6.45) is 2.20. The van der Waals surface area contributed by atoms with Gasteiger partial charge in [0.25, 0.3) is 0 Å². The zero-order valence-corrected chi connectivity index (χ0v) is 20.1. The van der Waals surface area contributed by atoms with E-state index in [2.05, 4.69) is 48.5 Å². The van der Waals surface area contributed by atoms with Crippen molar-refractivity contribution in [3.63, 3.8) is 0 Å². The molecule has 2 aromatic carbocycles. The highest BCUT2D eigenvalue weighted by molar-refractivity contribution is 6.42. The fourth-order valence-electron chi connectivity index (χ4n) is 3.76. The maximum absolute atomic E-state index is 13.3. The van der Waals surface area contributed by atoms with Crippen LogP contribution in [0.2, 0.25) is 10.0 Å². The van der Waals surface area contributed by atoms with Crippen molar-refractivity contribution in [1.82, 2.24) is 15.1 Å². The minimum Gasteiger partial charge on any atom is -0.331 e. The van der Waals surface area contributed by atoms with Gasteiger partial charge < -0.3 is 15.1 Å². The zero-order valence-electron chi connectivity index (χ0n) is 18.6. The van der Waals surface area contributed by atoms with Crippen LogP contribution in [0.3, 0.4) is 0 Å². The van der Waals surface area contributed by atoms with Crippen molar-refractivity contribution < 1.29 is 14.4 Å². The molecule has 1 fully saturated rings. The van der Waals surface area contributed by atoms with Crippen molar-refractivity contribution >= 4 is 35.4 Å². The Morgan fingerprint density at radius 2 is 1.75 bits per heavy atom. The maximum Gasteiger partial charge on any atom is 0.373 e. The van der Waals surface area contributed by atoms with Gasteiger partial charge in [-0.15, -0.1) is 0 Å². The Morgan fingerprint density at radius 3 is 2.34 bits per heavy atom. The average molecular weight is 478 g/mol. The van der Waals surface area contributed by atoms with E-state index in [4.69, 9.17) is 32.8 Å². The third kappa shape index (κ3) is 7.35. The van der Waals surface area contributed by atoms with Crippen LogP contribution in [-0.2, 0) is 16.1 Å². The third-order valence-electron chi connectivity index (χ3n) is 5.65. The van der Waals surface area contributed by atoms with Gasteiger partial charge in [0, 0.05) is 12.6 Å². The Bertz CT molecular complexity index is 923. The molecule has 1 atom stereocenters. The molecule has 1 heterocycles. The molecule has 0 bridgehead atoms. The summed E-state index contributed by atoms with van der Waals surface area (Å²) in [6.45, 7) is 6.60. The Hall–Kier alpha value is -2.37. The van der Waals surface area contributed by atoms with Gasteiger partial charge >= 0.3 is 12.2 Å². The summed E-state index contributed by atoms with van der Waals surface area (Å²) in [4.78, 5) is 33.8. The fourth-order valence-corrected chi connectivity index (χ4v) is 4.24. The highest BCUT2D eigenvalue weighted by Crippen LogP contribution is 2.30. The van der Waals surface area contributed by atoms with Crippen LogP contribution in [0, 0.1) is 6.92 Å². The molecule has 0 radical (unpaired) electrons. The largest absolute Gasteiger partial charge is 0.373 e. The van der Waals surface area contributed by atoms with E-state index >= 15 is 0 Å². The molecule has 0 spiro atoms. The number of nitrogens with one attached hydrogen (secondary N) is 1. The topological polar surface area (TPSA) is 69.7 Å². The number of carbonyl (C=O) groups is 1. The minimum absolute atomic E-state index is 0.0660. The number of hydrogen-bond donors (Lipinski definition) is 1. The monoisotopic (exact) mass is 477 g/mol. The number of aryl methyl sites for hydroxylation is 1. The molecule has 32 heavy (non-hydrogen) atoms. The average Bonchev–Trinajstić information content (AvgIpc) is 2.76. The van der Waals surface area contributed by atoms with Gasteiger partial charge in [0.2, 0.25) is 0 Å². The molecule has 2 amide bonds. The van der Waals surface area contributed by atoms with Gasteiger partial charge in [-0.3, -0.25) is 0 Å². The van der Waals surface area contributed by atoms with Gasteiger partial charge in [0.1, 0.15) is 0 Å². The van der Waals surface area contributed by atoms with E-state index in [1.54, 1.807) is 6.07 Å². The van der Waals surface area contributed by atoms with Gasteiger partial charge in [-0.05, 0) is 64.0 Å². The van der Waals surface area contributed by atoms with Gasteiger partial charge in [-0.25, -0.2) is 4.79 Å². The Morgan fingerprint density at radius 1 is 1.16 bits per heavy atom. The molecule has 8 heteroatoms. The predicted octanol–water partition coefficient (Wildman–Crippen LogP) is 5.09. The Labute approximate surface area is 199 Å². The molecule has 0 saturated carbocycles. The van der Waals surface area contributed by atoms with Crippen molar-refractivity contribution in [3.05, 3.63) is 69.2 Å². The lowest BCUT2D eigenvalue weighted by Crippen LogP contribution is -2.50. The zero-order chi connectivity index (χ0) is 23.7. The quantitative estimate of drug-likeness (QED) is 0.651. The molecule has 1 aliphatic heterocycles. The third-order valence-corrected chi connectivity index (χ3v) is 6.48. The van der Waals surface area contributed by atoms with Crippen LogP contribution in [-0.4, -0.2) is 48.2 Å². The Kier molecular flexibility index (Phi) is 10.2. The fraction of sp³-hybridized carbons (Fsp3) is 0.417. The van der Waals surface area contributed by atoms with E-state index in [1.165, 1.54) is 5.56 Å². The number of carbonyl (C=O) groups excluding carboxylic acids is 3. The van der Waals surface area contributed by atoms with Crippen LogP contribution in [0.15, 0.2) is 42.5 Å². The number of amides is 2. The number of halogens is 2. The van der Waals surface area contributed by atoms with Gasteiger partial charge in [0.15, 0.2) is 0 Å². The molecule has 172 valence electrons. The van der Waals surface area contributed by atoms with E-state index in [0.717, 1.165) is 37.1 Å². The molecule has 1 N–H and O–H groups in total. The summed E-state index contributed by atoms with van der Waals surface area (Å²) in [5.41, 5.74) is 3.18. The summed E-state index contributed by atoms with van der Waals surface area (Å²) >= 11 is 12.5. The lowest BCUT2D eigenvalue weighted by Gasteiger charge is -2.38. The van der Waals surface area contributed by atoms with Gasteiger partial charge in [-0.1, -0.05) is 65.2 Å². The first-order valence-corrected chi connectivity index (χ1v) is 11.3. The lowest BCUT2D eigenvalue weighted by molar-refractivity contribution is -0.191. The van der Waals surface area contributed by atoms with Crippen molar-refractivity contribution in [2.24, 2.45) is 0 Å². The van der Waals surface area contributed by atoms with Crippen molar-refractivity contribution in [3.8, 4) is 0 Å². The molecule has 0 aromatic heterocycles. The van der Waals surface area contributed by atoms with Crippen molar-refractivity contribution in [1.29, 1.82) is 0 Å². The summed E-state index contributed by atoms with van der Waals surface area (Å²) in [5, 5.41) is 4.12. The maximum atomic E-state index is 13.3. The first-order chi connectivity index (χ1) is 15.3. The van der Waals surface area contributed by atoms with Crippen molar-refractivity contribution in [2.45, 2.75) is 45.3 Å². The number of benzene rings is 2. The first kappa shape index (κ1) is 25.9. The summed E-state index contributed by atoms with van der Waals surface area (Å²) in [6, 6.07) is 13.8. The second-order valence-electron chi connectivity index (χ2n) is 8.05. The highest BCUT2D eigenvalue weighted by Gasteiger charge is 2.28. The van der Waals surface area contributed by atoms with Crippen LogP contribution in [0.25, 0.3) is 0 Å². The van der Waals surface area contributed by atoms with E-state index in [9.17, 15) is 4.79 Å². The summed E-state index contributed by atoms with van der Waals surface area (Å²) in [7, 11) is 2.13. The van der Waals surface area contributed by atoms with E-state index < -0.39 is 0 Å². The molecule has 2 aromatic rings. The minimum atomic E-state index is -0.236. The number of piperidine rings is 1. The molecule has 3 rings (SSSR count). The van der Waals surface area contributed by atoms with Gasteiger partial charge in [-0.2, -0.15) is 9.59 Å². The standard InChI is InChI=1S/C23H29Cl2N3O.CO2/c1-16-7-9-18(10-8-16)15-28(19-11-13-27(3)14-12-19)23(29)26-17(2)20-5-4-6-21(24)22(20)25;2-1-3/h4-10,17,19H,11-15H2,1-3H3,(H,26,29);. The number of hydrogen-bond acceptors (Lipinski definition) is 4. The number of likely N-dealkylation sites (tertiary alicyclic amines) is 1. The smallest absolute Gasteiger partial charge is 0.331 e. The van der Waals surface area contributed by atoms with Crippen LogP contribution >= 0.6 is 23.2 Å². The molecule has 0 aliphatic carbocycles. The first-order valence-electron chi connectivity index (χ1n) is 10.5. The summed E-state index contributed by atoms with van der Waals surface area (Å²) < 4.78 is 0. The SMILES string of the molecule is Cc1ccc(CN(C(=O)NC(C)c2cccc(Cl)c2Cl)C2CCN(C)CC2)cc1.O=C=O. The molecule has 1 aliphatic rings. The second-order valence-corrected chi connectivity index (χ2v) is 8.83. The normalized spacial score (nSPS) is 15.2. The van der Waals surface area contributed by atoms with E-state index in [1.807, 2.05) is 24.0 Å². The summed E-state index contributed by atoms with van der Waals surface area (Å²) in [5.74, 6) is 0. The predicted molar refractivity (Wildman–Crippen MR) is 126 cm³/mol. The van der Waals surface area contributed by atoms with Crippen LogP contribution in [0.5, 0.6) is 0 Å².